The zero-order chi connectivity index (χ0) is 12.1. The van der Waals surface area contributed by atoms with Gasteiger partial charge in [-0.05, 0) is 37.8 Å². The summed E-state index contributed by atoms with van der Waals surface area (Å²) in [6.07, 6.45) is 7.61. The number of hydrogen-bond acceptors (Lipinski definition) is 4. The molecule has 0 atom stereocenters. The largest absolute Gasteiger partial charge is 0.488 e. The first-order valence-electron chi connectivity index (χ1n) is 5.91. The van der Waals surface area contributed by atoms with Crippen LogP contribution in [0.3, 0.4) is 0 Å². The van der Waals surface area contributed by atoms with Gasteiger partial charge in [-0.15, -0.1) is 0 Å². The van der Waals surface area contributed by atoms with Crippen molar-refractivity contribution in [3.05, 3.63) is 24.0 Å². The van der Waals surface area contributed by atoms with Crippen LogP contribution in [0.25, 0.3) is 0 Å². The van der Waals surface area contributed by atoms with Crippen LogP contribution in [0.4, 0.5) is 0 Å². The number of hydrogen-bond donors (Lipinski definition) is 2. The van der Waals surface area contributed by atoms with Crippen LogP contribution in [-0.2, 0) is 0 Å². The van der Waals surface area contributed by atoms with Gasteiger partial charge in [0.25, 0.3) is 0 Å². The van der Waals surface area contributed by atoms with Crippen LogP contribution >= 0.6 is 0 Å². The van der Waals surface area contributed by atoms with Crippen LogP contribution in [0.15, 0.2) is 23.5 Å². The Morgan fingerprint density at radius 3 is 2.88 bits per heavy atom. The van der Waals surface area contributed by atoms with Gasteiger partial charge in [-0.1, -0.05) is 11.6 Å². The van der Waals surface area contributed by atoms with Crippen molar-refractivity contribution in [3.63, 3.8) is 0 Å². The lowest BCUT2D eigenvalue weighted by Gasteiger charge is -2.23. The molecule has 0 radical (unpaired) electrons. The number of rotatable bonds is 3. The van der Waals surface area contributed by atoms with E-state index in [2.05, 4.69) is 10.1 Å². The molecule has 1 aromatic rings. The van der Waals surface area contributed by atoms with Crippen molar-refractivity contribution in [2.45, 2.75) is 38.2 Å². The predicted molar refractivity (Wildman–Crippen MR) is 64.2 cm³/mol. The highest BCUT2D eigenvalue weighted by molar-refractivity contribution is 5.97. The van der Waals surface area contributed by atoms with Crippen molar-refractivity contribution in [1.82, 2.24) is 4.98 Å². The lowest BCUT2D eigenvalue weighted by Crippen LogP contribution is -2.23. The molecule has 1 heterocycles. The van der Waals surface area contributed by atoms with Gasteiger partial charge in [0, 0.05) is 6.20 Å². The molecule has 1 aromatic heterocycles. The summed E-state index contributed by atoms with van der Waals surface area (Å²) in [6.45, 7) is 0. The number of nitrogens with zero attached hydrogens (tertiary/aromatic N) is 2. The number of aromatic nitrogens is 1. The fourth-order valence-corrected chi connectivity index (χ4v) is 2.09. The first-order valence-corrected chi connectivity index (χ1v) is 5.91. The molecular weight excluding hydrogens is 218 g/mol. The second-order valence-corrected chi connectivity index (χ2v) is 4.21. The smallest absolute Gasteiger partial charge is 0.192 e. The highest BCUT2D eigenvalue weighted by atomic mass is 16.5. The molecule has 3 N–H and O–H groups in total. The fourth-order valence-electron chi connectivity index (χ4n) is 2.09. The van der Waals surface area contributed by atoms with E-state index in [9.17, 15) is 0 Å². The van der Waals surface area contributed by atoms with E-state index >= 15 is 0 Å². The third-order valence-corrected chi connectivity index (χ3v) is 2.97. The average molecular weight is 235 g/mol. The van der Waals surface area contributed by atoms with E-state index in [0.717, 1.165) is 12.8 Å². The minimum Gasteiger partial charge on any atom is -0.488 e. The van der Waals surface area contributed by atoms with Crippen LogP contribution in [0.1, 0.15) is 37.8 Å². The molecule has 2 rings (SSSR count). The Labute approximate surface area is 100 Å². The van der Waals surface area contributed by atoms with Gasteiger partial charge in [-0.25, -0.2) is 4.98 Å². The van der Waals surface area contributed by atoms with E-state index in [1.165, 1.54) is 19.3 Å². The number of oxime groups is 1. The Hall–Kier alpha value is -1.78. The molecule has 1 aliphatic rings. The molecule has 0 spiro atoms. The van der Waals surface area contributed by atoms with E-state index in [1.54, 1.807) is 18.3 Å². The third-order valence-electron chi connectivity index (χ3n) is 2.97. The molecule has 0 aliphatic heterocycles. The minimum absolute atomic E-state index is 0.0172. The molecule has 0 saturated heterocycles. The zero-order valence-electron chi connectivity index (χ0n) is 9.67. The lowest BCUT2D eigenvalue weighted by molar-refractivity contribution is 0.154. The highest BCUT2D eigenvalue weighted by Crippen LogP contribution is 2.24. The summed E-state index contributed by atoms with van der Waals surface area (Å²) in [6, 6.07) is 3.58. The van der Waals surface area contributed by atoms with Gasteiger partial charge in [0.2, 0.25) is 0 Å². The van der Waals surface area contributed by atoms with Gasteiger partial charge in [-0.2, -0.15) is 0 Å². The van der Waals surface area contributed by atoms with Crippen molar-refractivity contribution in [3.8, 4) is 5.75 Å². The predicted octanol–water partition coefficient (Wildman–Crippen LogP) is 1.89. The van der Waals surface area contributed by atoms with E-state index in [1.807, 2.05) is 0 Å². The van der Waals surface area contributed by atoms with Crippen molar-refractivity contribution in [2.75, 3.05) is 0 Å². The summed E-state index contributed by atoms with van der Waals surface area (Å²) in [7, 11) is 0. The lowest BCUT2D eigenvalue weighted by atomic mass is 9.98. The Morgan fingerprint density at radius 1 is 1.41 bits per heavy atom. The Bertz CT molecular complexity index is 400. The quantitative estimate of drug-likeness (QED) is 0.363. The van der Waals surface area contributed by atoms with Crippen LogP contribution in [0.5, 0.6) is 5.75 Å². The van der Waals surface area contributed by atoms with E-state index in [-0.39, 0.29) is 11.9 Å². The number of ether oxygens (including phenoxy) is 1. The summed E-state index contributed by atoms with van der Waals surface area (Å²) in [5.41, 5.74) is 5.96. The first kappa shape index (κ1) is 11.7. The molecule has 0 aromatic carbocycles. The average Bonchev–Trinajstić information content (AvgIpc) is 2.40. The van der Waals surface area contributed by atoms with Gasteiger partial charge in [0.1, 0.15) is 5.75 Å². The Morgan fingerprint density at radius 2 is 2.18 bits per heavy atom. The normalized spacial score (nSPS) is 18.0. The molecule has 1 saturated carbocycles. The topological polar surface area (TPSA) is 80.7 Å². The van der Waals surface area contributed by atoms with E-state index in [0.29, 0.717) is 11.4 Å². The molecule has 17 heavy (non-hydrogen) atoms. The van der Waals surface area contributed by atoms with Crippen molar-refractivity contribution < 1.29 is 9.94 Å². The molecule has 5 nitrogen and oxygen atoms in total. The second-order valence-electron chi connectivity index (χ2n) is 4.21. The maximum Gasteiger partial charge on any atom is 0.192 e. The summed E-state index contributed by atoms with van der Waals surface area (Å²) in [5.74, 6) is 0.575. The Kier molecular flexibility index (Phi) is 3.80. The van der Waals surface area contributed by atoms with Gasteiger partial charge < -0.3 is 15.7 Å². The van der Waals surface area contributed by atoms with Crippen LogP contribution in [-0.4, -0.2) is 22.1 Å². The maximum absolute atomic E-state index is 8.69. The number of amidine groups is 1. The summed E-state index contributed by atoms with van der Waals surface area (Å²) >= 11 is 0. The Balaban J connectivity index is 2.14. The highest BCUT2D eigenvalue weighted by Gasteiger charge is 2.18. The monoisotopic (exact) mass is 235 g/mol. The van der Waals surface area contributed by atoms with E-state index in [4.69, 9.17) is 15.7 Å². The van der Waals surface area contributed by atoms with Gasteiger partial charge in [0.05, 0.1) is 6.10 Å². The fraction of sp³-hybridized carbons (Fsp3) is 0.500. The standard InChI is InChI=1S/C12H17N3O2/c13-12(15-16)11-10(7-4-8-14-11)17-9-5-2-1-3-6-9/h4,7-9,16H,1-3,5-6H2,(H2,13,15). The van der Waals surface area contributed by atoms with Crippen LogP contribution < -0.4 is 10.5 Å². The molecule has 1 fully saturated rings. The first-order chi connectivity index (χ1) is 8.31. The number of nitrogens with two attached hydrogens (primary N) is 1. The summed E-state index contributed by atoms with van der Waals surface area (Å²) in [5, 5.41) is 11.7. The molecule has 0 bridgehead atoms. The van der Waals surface area contributed by atoms with Crippen molar-refractivity contribution in [2.24, 2.45) is 10.9 Å². The molecule has 0 unspecified atom stereocenters. The van der Waals surface area contributed by atoms with Crippen LogP contribution in [0.2, 0.25) is 0 Å². The molecular formula is C12H17N3O2. The molecule has 5 heteroatoms. The number of pyridine rings is 1. The van der Waals surface area contributed by atoms with Gasteiger partial charge in [0.15, 0.2) is 11.5 Å². The van der Waals surface area contributed by atoms with E-state index < -0.39 is 0 Å². The summed E-state index contributed by atoms with van der Waals surface area (Å²) < 4.78 is 5.87. The molecule has 0 amide bonds. The van der Waals surface area contributed by atoms with Gasteiger partial charge in [-0.3, -0.25) is 0 Å². The van der Waals surface area contributed by atoms with Crippen molar-refractivity contribution in [1.29, 1.82) is 0 Å². The zero-order valence-corrected chi connectivity index (χ0v) is 9.67. The van der Waals surface area contributed by atoms with Crippen LogP contribution in [0, 0.1) is 0 Å². The van der Waals surface area contributed by atoms with Crippen molar-refractivity contribution >= 4 is 5.84 Å². The molecule has 1 aliphatic carbocycles. The third kappa shape index (κ3) is 2.87. The molecule has 92 valence electrons. The maximum atomic E-state index is 8.69. The SMILES string of the molecule is N/C(=N/O)c1ncccc1OC1CCCCC1. The van der Waals surface area contributed by atoms with Gasteiger partial charge >= 0.3 is 0 Å². The minimum atomic E-state index is -0.0172. The summed E-state index contributed by atoms with van der Waals surface area (Å²) in [4.78, 5) is 4.07. The second kappa shape index (κ2) is 5.52.